The molecule has 0 spiro atoms. The van der Waals surface area contributed by atoms with Gasteiger partial charge in [0.05, 0.1) is 6.54 Å². The molecule has 3 heteroatoms. The Bertz CT molecular complexity index is 388. The summed E-state index contributed by atoms with van der Waals surface area (Å²) in [6.45, 7) is 5.18. The van der Waals surface area contributed by atoms with Crippen LogP contribution in [0, 0.1) is 12.3 Å². The number of hydrogen-bond acceptors (Lipinski definition) is 3. The average molecular weight is 243 g/mol. The molecule has 0 amide bonds. The van der Waals surface area contributed by atoms with Crippen LogP contribution in [-0.2, 0) is 0 Å². The van der Waals surface area contributed by atoms with Crippen LogP contribution in [0.2, 0.25) is 0 Å². The zero-order chi connectivity index (χ0) is 12.8. The molecule has 18 heavy (non-hydrogen) atoms. The fraction of sp³-hybridized carbons (Fsp3) is 0.533. The fourth-order valence-electron chi connectivity index (χ4n) is 2.47. The molecule has 1 saturated heterocycles. The summed E-state index contributed by atoms with van der Waals surface area (Å²) >= 11 is 0. The van der Waals surface area contributed by atoms with Gasteiger partial charge in [-0.2, -0.15) is 0 Å². The maximum atomic E-state index is 5.34. The lowest BCUT2D eigenvalue weighted by Gasteiger charge is -2.32. The minimum absolute atomic E-state index is 0.364. The number of terminal acetylenes is 1. The molecule has 1 atom stereocenters. The van der Waals surface area contributed by atoms with Crippen LogP contribution in [-0.4, -0.2) is 35.6 Å². The summed E-state index contributed by atoms with van der Waals surface area (Å²) in [6.07, 6.45) is 11.4. The zero-order valence-corrected chi connectivity index (χ0v) is 11.0. The van der Waals surface area contributed by atoms with Gasteiger partial charge in [0, 0.05) is 37.6 Å². The number of hydrogen-bond donors (Lipinski definition) is 1. The Morgan fingerprint density at radius 3 is 2.94 bits per heavy atom. The molecule has 0 saturated carbocycles. The van der Waals surface area contributed by atoms with Crippen LogP contribution in [0.1, 0.15) is 31.4 Å². The van der Waals surface area contributed by atoms with E-state index in [0.717, 1.165) is 19.6 Å². The highest BCUT2D eigenvalue weighted by Gasteiger charge is 2.20. The molecule has 1 aromatic heterocycles. The third-order valence-corrected chi connectivity index (χ3v) is 3.57. The Kier molecular flexibility index (Phi) is 4.74. The summed E-state index contributed by atoms with van der Waals surface area (Å²) in [5.74, 6) is 2.72. The van der Waals surface area contributed by atoms with Gasteiger partial charge in [0.2, 0.25) is 0 Å². The van der Waals surface area contributed by atoms with Crippen LogP contribution in [0.15, 0.2) is 24.5 Å². The Morgan fingerprint density at radius 2 is 2.33 bits per heavy atom. The lowest BCUT2D eigenvalue weighted by atomic mass is 10.0. The first-order chi connectivity index (χ1) is 8.79. The number of nitrogens with one attached hydrogen (secondary N) is 1. The third kappa shape index (κ3) is 3.56. The summed E-state index contributed by atoms with van der Waals surface area (Å²) in [5, 5.41) is 3.68. The summed E-state index contributed by atoms with van der Waals surface area (Å²) in [6, 6.07) is 5.07. The van der Waals surface area contributed by atoms with Crippen molar-refractivity contribution in [1.29, 1.82) is 0 Å². The molecule has 0 radical (unpaired) electrons. The molecule has 0 bridgehead atoms. The molecule has 1 aliphatic rings. The first-order valence-electron chi connectivity index (χ1n) is 6.61. The van der Waals surface area contributed by atoms with Crippen molar-refractivity contribution < 1.29 is 0 Å². The third-order valence-electron chi connectivity index (χ3n) is 3.57. The van der Waals surface area contributed by atoms with E-state index in [4.69, 9.17) is 6.42 Å². The average Bonchev–Trinajstić information content (AvgIpc) is 2.42. The number of likely N-dealkylation sites (tertiary alicyclic amines) is 1. The largest absolute Gasteiger partial charge is 0.307 e. The summed E-state index contributed by atoms with van der Waals surface area (Å²) in [5.41, 5.74) is 1.25. The van der Waals surface area contributed by atoms with E-state index in [-0.39, 0.29) is 0 Å². The molecule has 3 nitrogen and oxygen atoms in total. The Balaban J connectivity index is 1.80. The van der Waals surface area contributed by atoms with Crippen molar-refractivity contribution in [2.45, 2.75) is 31.8 Å². The topological polar surface area (TPSA) is 28.2 Å². The SMILES string of the molecule is C#CCN1CCC(N[C@H](C)c2cccnc2)CC1. The molecule has 1 aliphatic heterocycles. The second-order valence-electron chi connectivity index (χ2n) is 4.93. The van der Waals surface area contributed by atoms with Crippen molar-refractivity contribution in [3.05, 3.63) is 30.1 Å². The van der Waals surface area contributed by atoms with Gasteiger partial charge >= 0.3 is 0 Å². The summed E-state index contributed by atoms with van der Waals surface area (Å²) < 4.78 is 0. The maximum Gasteiger partial charge on any atom is 0.0598 e. The first-order valence-corrected chi connectivity index (χ1v) is 6.61. The van der Waals surface area contributed by atoms with Crippen LogP contribution in [0.25, 0.3) is 0 Å². The van der Waals surface area contributed by atoms with Gasteiger partial charge in [0.1, 0.15) is 0 Å². The van der Waals surface area contributed by atoms with Gasteiger partial charge in [-0.25, -0.2) is 0 Å². The van der Waals surface area contributed by atoms with E-state index in [1.54, 1.807) is 0 Å². The van der Waals surface area contributed by atoms with Crippen molar-refractivity contribution in [3.8, 4) is 12.3 Å². The van der Waals surface area contributed by atoms with E-state index in [1.165, 1.54) is 18.4 Å². The van der Waals surface area contributed by atoms with Crippen molar-refractivity contribution >= 4 is 0 Å². The van der Waals surface area contributed by atoms with Gasteiger partial charge in [0.25, 0.3) is 0 Å². The van der Waals surface area contributed by atoms with Crippen LogP contribution >= 0.6 is 0 Å². The predicted molar refractivity (Wildman–Crippen MR) is 74.1 cm³/mol. The van der Waals surface area contributed by atoms with Gasteiger partial charge in [-0.05, 0) is 31.4 Å². The number of pyridine rings is 1. The number of aromatic nitrogens is 1. The molecule has 2 heterocycles. The standard InChI is InChI=1S/C15H21N3/c1-3-9-18-10-6-15(7-11-18)17-13(2)14-5-4-8-16-12-14/h1,4-5,8,12-13,15,17H,6-7,9-11H2,2H3/t13-/m1/s1. The highest BCUT2D eigenvalue weighted by molar-refractivity contribution is 5.13. The van der Waals surface area contributed by atoms with E-state index in [2.05, 4.69) is 34.1 Å². The van der Waals surface area contributed by atoms with E-state index in [9.17, 15) is 0 Å². The van der Waals surface area contributed by atoms with E-state index >= 15 is 0 Å². The number of nitrogens with zero attached hydrogens (tertiary/aromatic N) is 2. The van der Waals surface area contributed by atoms with Gasteiger partial charge < -0.3 is 5.32 Å². The molecule has 2 rings (SSSR count). The maximum absolute atomic E-state index is 5.34. The summed E-state index contributed by atoms with van der Waals surface area (Å²) in [7, 11) is 0. The predicted octanol–water partition coefficient (Wildman–Crippen LogP) is 1.83. The molecule has 0 aromatic carbocycles. The Morgan fingerprint density at radius 1 is 1.56 bits per heavy atom. The van der Waals surface area contributed by atoms with Gasteiger partial charge in [-0.3, -0.25) is 9.88 Å². The van der Waals surface area contributed by atoms with E-state index < -0.39 is 0 Å². The second-order valence-corrected chi connectivity index (χ2v) is 4.93. The van der Waals surface area contributed by atoms with Crippen LogP contribution in [0.4, 0.5) is 0 Å². The molecular weight excluding hydrogens is 222 g/mol. The first kappa shape index (κ1) is 13.1. The van der Waals surface area contributed by atoms with Gasteiger partial charge in [0.15, 0.2) is 0 Å². The normalized spacial score (nSPS) is 19.3. The van der Waals surface area contributed by atoms with Crippen molar-refractivity contribution in [1.82, 2.24) is 15.2 Å². The quantitative estimate of drug-likeness (QED) is 0.818. The molecule has 96 valence electrons. The molecule has 0 aliphatic carbocycles. The number of piperidine rings is 1. The molecule has 1 aromatic rings. The van der Waals surface area contributed by atoms with E-state index in [0.29, 0.717) is 12.1 Å². The van der Waals surface area contributed by atoms with Gasteiger partial charge in [-0.1, -0.05) is 12.0 Å². The highest BCUT2D eigenvalue weighted by atomic mass is 15.1. The van der Waals surface area contributed by atoms with Crippen molar-refractivity contribution in [2.75, 3.05) is 19.6 Å². The highest BCUT2D eigenvalue weighted by Crippen LogP contribution is 2.16. The summed E-state index contributed by atoms with van der Waals surface area (Å²) in [4.78, 5) is 6.51. The zero-order valence-electron chi connectivity index (χ0n) is 11.0. The Labute approximate surface area is 110 Å². The lowest BCUT2D eigenvalue weighted by molar-refractivity contribution is 0.211. The molecule has 1 N–H and O–H groups in total. The molecular formula is C15H21N3. The second kappa shape index (κ2) is 6.53. The minimum Gasteiger partial charge on any atom is -0.307 e. The van der Waals surface area contributed by atoms with Crippen molar-refractivity contribution in [3.63, 3.8) is 0 Å². The van der Waals surface area contributed by atoms with Crippen LogP contribution in [0.5, 0.6) is 0 Å². The smallest absolute Gasteiger partial charge is 0.0598 e. The number of rotatable bonds is 4. The molecule has 1 fully saturated rings. The fourth-order valence-corrected chi connectivity index (χ4v) is 2.47. The minimum atomic E-state index is 0.364. The van der Waals surface area contributed by atoms with Crippen molar-refractivity contribution in [2.24, 2.45) is 0 Å². The van der Waals surface area contributed by atoms with E-state index in [1.807, 2.05) is 18.5 Å². The van der Waals surface area contributed by atoms with Crippen LogP contribution in [0.3, 0.4) is 0 Å². The van der Waals surface area contributed by atoms with Crippen LogP contribution < -0.4 is 5.32 Å². The lowest BCUT2D eigenvalue weighted by Crippen LogP contribution is -2.43. The Hall–Kier alpha value is -1.37. The monoisotopic (exact) mass is 243 g/mol. The van der Waals surface area contributed by atoms with Gasteiger partial charge in [-0.15, -0.1) is 6.42 Å². The molecule has 0 unspecified atom stereocenters.